The van der Waals surface area contributed by atoms with Crippen LogP contribution in [-0.4, -0.2) is 216 Å². The van der Waals surface area contributed by atoms with Gasteiger partial charge in [-0.15, -0.1) is 0 Å². The molecular formula is C64H92ClF4N11O11. The van der Waals surface area contributed by atoms with E-state index in [1.54, 1.807) is 27.7 Å². The molecule has 0 radical (unpaired) electrons. The van der Waals surface area contributed by atoms with Crippen molar-refractivity contribution in [1.29, 1.82) is 0 Å². The van der Waals surface area contributed by atoms with Crippen LogP contribution in [0.2, 0.25) is 5.02 Å². The fourth-order valence-corrected chi connectivity index (χ4v) is 12.4. The van der Waals surface area contributed by atoms with Gasteiger partial charge in [-0.2, -0.15) is 13.2 Å². The molecule has 2 aliphatic heterocycles. The molecule has 0 aromatic heterocycles. The molecule has 91 heavy (non-hydrogen) atoms. The molecule has 8 atom stereocenters. The van der Waals surface area contributed by atoms with Crippen LogP contribution in [0.5, 0.6) is 0 Å². The largest absolute Gasteiger partial charge is 0.417 e. The Labute approximate surface area is 536 Å². The summed E-state index contributed by atoms with van der Waals surface area (Å²) in [4.78, 5) is 167. The monoisotopic (exact) mass is 1300 g/mol. The standard InChI is InChI=1S/C64H92ClF4N11O11/c1-14-39(6)54-61(90)76(10)35-52(83)74(8)36-53(84)78(12)49(33-42-20-15-16-21-45(42)66)60(89)75(9)34-50(81)71-46(26-24-41-23-25-43(44(65)32-41)64(67,68)69)59(88)80-29-19-22-47(80)57(86)73-63(27-17-18-28-63)62(91)79(13)55(38(4)5)58(87)70-40(7)31-51(82)77(11)48(30-37(2)3)56(85)72-54/h15-16,20-21,23,25,32,37-40,46-49,54-55H,14,17-19,22,24,26-31,33-36H2,1-13H3,(H,70,87)(H,71,81)(H,72,85)(H,73,86)/t39-,40+,46-,47-,48-,49-,54-,55-/m0/s1. The maximum atomic E-state index is 15.4. The van der Waals surface area contributed by atoms with E-state index in [9.17, 15) is 65.9 Å². The van der Waals surface area contributed by atoms with Gasteiger partial charge >= 0.3 is 6.18 Å². The minimum absolute atomic E-state index is 0.0126. The van der Waals surface area contributed by atoms with E-state index in [2.05, 4.69) is 21.3 Å². The zero-order chi connectivity index (χ0) is 68.1. The molecule has 504 valence electrons. The highest BCUT2D eigenvalue weighted by molar-refractivity contribution is 6.31. The lowest BCUT2D eigenvalue weighted by molar-refractivity contribution is -0.149. The molecule has 2 aromatic carbocycles. The zero-order valence-electron chi connectivity index (χ0n) is 54.6. The molecule has 1 saturated carbocycles. The molecule has 0 bridgehead atoms. The predicted octanol–water partition coefficient (Wildman–Crippen LogP) is 4.58. The van der Waals surface area contributed by atoms with Crippen LogP contribution in [0.3, 0.4) is 0 Å². The van der Waals surface area contributed by atoms with Gasteiger partial charge in [-0.3, -0.25) is 52.7 Å². The fraction of sp³-hybridized carbons (Fsp3) is 0.641. The first kappa shape index (κ1) is 74.3. The second kappa shape index (κ2) is 32.3. The van der Waals surface area contributed by atoms with Gasteiger partial charge in [-0.1, -0.05) is 96.7 Å². The number of nitrogens with zero attached hydrogens (tertiary/aromatic N) is 7. The number of hydrogen-bond acceptors (Lipinski definition) is 11. The van der Waals surface area contributed by atoms with Crippen molar-refractivity contribution >= 4 is 76.6 Å². The summed E-state index contributed by atoms with van der Waals surface area (Å²) in [6, 6.07) is 0.154. The van der Waals surface area contributed by atoms with Crippen molar-refractivity contribution in [2.24, 2.45) is 17.8 Å². The number of hydrogen-bond donors (Lipinski definition) is 4. The van der Waals surface area contributed by atoms with Crippen LogP contribution in [0, 0.1) is 23.6 Å². The van der Waals surface area contributed by atoms with Crippen molar-refractivity contribution in [3.05, 3.63) is 70.0 Å². The number of likely N-dealkylation sites (N-methyl/N-ethyl adjacent to an activating group) is 6. The minimum atomic E-state index is -4.77. The van der Waals surface area contributed by atoms with Crippen molar-refractivity contribution in [2.75, 3.05) is 68.5 Å². The average molecular weight is 1300 g/mol. The summed E-state index contributed by atoms with van der Waals surface area (Å²) in [6.07, 6.45) is -3.40. The molecule has 1 spiro atoms. The quantitative estimate of drug-likeness (QED) is 0.240. The first-order valence-electron chi connectivity index (χ1n) is 31.2. The lowest BCUT2D eigenvalue weighted by Crippen LogP contribution is -2.64. The molecule has 2 aromatic rings. The number of amides is 11. The Morgan fingerprint density at radius 2 is 1.30 bits per heavy atom. The predicted molar refractivity (Wildman–Crippen MR) is 331 cm³/mol. The molecule has 27 heteroatoms. The lowest BCUT2D eigenvalue weighted by atomic mass is 9.92. The lowest BCUT2D eigenvalue weighted by Gasteiger charge is -2.39. The van der Waals surface area contributed by atoms with Gasteiger partial charge in [-0.05, 0) is 98.9 Å². The smallest absolute Gasteiger partial charge is 0.351 e. The van der Waals surface area contributed by atoms with Gasteiger partial charge in [0.15, 0.2) is 0 Å². The van der Waals surface area contributed by atoms with Crippen LogP contribution >= 0.6 is 11.6 Å². The van der Waals surface area contributed by atoms with Crippen LogP contribution in [-0.2, 0) is 71.8 Å². The third kappa shape index (κ3) is 19.1. The summed E-state index contributed by atoms with van der Waals surface area (Å²) in [7, 11) is 8.04. The second-order valence-corrected chi connectivity index (χ2v) is 26.0. The first-order chi connectivity index (χ1) is 42.5. The molecular weight excluding hydrogens is 1210 g/mol. The van der Waals surface area contributed by atoms with Crippen LogP contribution in [0.15, 0.2) is 42.5 Å². The van der Waals surface area contributed by atoms with Gasteiger partial charge in [0.1, 0.15) is 47.6 Å². The van der Waals surface area contributed by atoms with Crippen molar-refractivity contribution in [3.8, 4) is 0 Å². The van der Waals surface area contributed by atoms with Crippen LogP contribution < -0.4 is 21.3 Å². The Hall–Kier alpha value is -7.38. The maximum Gasteiger partial charge on any atom is 0.417 e. The third-order valence-electron chi connectivity index (χ3n) is 17.7. The van der Waals surface area contributed by atoms with E-state index in [4.69, 9.17) is 11.6 Å². The van der Waals surface area contributed by atoms with E-state index in [1.165, 1.54) is 81.3 Å². The molecule has 11 amide bonds. The van der Waals surface area contributed by atoms with Gasteiger partial charge in [0.25, 0.3) is 0 Å². The molecule has 0 unspecified atom stereocenters. The molecule has 22 nitrogen and oxygen atoms in total. The zero-order valence-corrected chi connectivity index (χ0v) is 55.4. The Morgan fingerprint density at radius 3 is 1.89 bits per heavy atom. The molecule has 4 N–H and O–H groups in total. The number of carbonyl (C=O) groups excluding carboxylic acids is 11. The SMILES string of the molecule is CC[C@H](C)[C@@H]1NC(=O)[C@H](CC(C)C)N(C)C(=O)C[C@@H](C)NC(=O)[C@H](C(C)C)N(C)C(=O)C2(CCCC2)NC(=O)[C@@H]2CCCN2C(=O)[C@H](CCc2ccc(C(F)(F)F)c(Cl)c2)NC(=O)CN(C)C(=O)[C@H](Cc2ccccc2F)N(C)C(=O)CN(C)C(=O)CN(C)C1=O. The second-order valence-electron chi connectivity index (χ2n) is 25.6. The summed E-state index contributed by atoms with van der Waals surface area (Å²) in [5.41, 5.74) is -2.34. The van der Waals surface area contributed by atoms with Gasteiger partial charge in [-0.25, -0.2) is 4.39 Å². The Kier molecular flexibility index (Phi) is 26.4. The number of carbonyl (C=O) groups is 11. The Balaban J connectivity index is 1.56. The van der Waals surface area contributed by atoms with Crippen molar-refractivity contribution in [3.63, 3.8) is 0 Å². The highest BCUT2D eigenvalue weighted by Gasteiger charge is 2.49. The normalized spacial score (nSPS) is 24.9. The Bertz CT molecular complexity index is 3000. The molecule has 3 fully saturated rings. The van der Waals surface area contributed by atoms with Crippen LogP contribution in [0.4, 0.5) is 17.6 Å². The average Bonchev–Trinajstić information content (AvgIpc) is 1.78. The number of benzene rings is 2. The minimum Gasteiger partial charge on any atom is -0.351 e. The molecule has 2 saturated heterocycles. The van der Waals surface area contributed by atoms with E-state index >= 15 is 4.39 Å². The van der Waals surface area contributed by atoms with Crippen LogP contribution in [0.1, 0.15) is 129 Å². The fourth-order valence-electron chi connectivity index (χ4n) is 12.1. The number of rotatable bonds is 10. The highest BCUT2D eigenvalue weighted by Crippen LogP contribution is 2.36. The molecule has 1 aliphatic carbocycles. The number of fused-ring (bicyclic) bond motifs is 1. The number of alkyl halides is 3. The van der Waals surface area contributed by atoms with Gasteiger partial charge in [0.05, 0.1) is 30.2 Å². The summed E-state index contributed by atoms with van der Waals surface area (Å²) in [6.45, 7) is 10.4. The van der Waals surface area contributed by atoms with E-state index in [1.807, 2.05) is 20.8 Å². The van der Waals surface area contributed by atoms with Crippen molar-refractivity contribution in [2.45, 2.75) is 180 Å². The molecule has 5 rings (SSSR count). The summed E-state index contributed by atoms with van der Waals surface area (Å²) in [5, 5.41) is 10.7. The topological polar surface area (TPSA) is 259 Å². The van der Waals surface area contributed by atoms with E-state index in [-0.39, 0.29) is 68.5 Å². The van der Waals surface area contributed by atoms with E-state index in [0.29, 0.717) is 25.7 Å². The molecule has 3 aliphatic rings. The van der Waals surface area contributed by atoms with Crippen molar-refractivity contribution in [1.82, 2.24) is 55.6 Å². The maximum absolute atomic E-state index is 15.4. The van der Waals surface area contributed by atoms with Gasteiger partial charge in [0, 0.05) is 67.7 Å². The first-order valence-corrected chi connectivity index (χ1v) is 31.6. The highest BCUT2D eigenvalue weighted by atomic mass is 35.5. The summed E-state index contributed by atoms with van der Waals surface area (Å²) < 4.78 is 56.6. The number of aryl methyl sites for hydroxylation is 1. The summed E-state index contributed by atoms with van der Waals surface area (Å²) in [5.74, 6) is -9.56. The third-order valence-corrected chi connectivity index (χ3v) is 18.0. The van der Waals surface area contributed by atoms with Gasteiger partial charge < -0.3 is 55.6 Å². The van der Waals surface area contributed by atoms with Gasteiger partial charge in [0.2, 0.25) is 65.0 Å². The van der Waals surface area contributed by atoms with E-state index < -0.39 is 173 Å². The van der Waals surface area contributed by atoms with E-state index in [0.717, 1.165) is 37.8 Å². The number of halogens is 5. The Morgan fingerprint density at radius 1 is 0.681 bits per heavy atom. The number of nitrogens with one attached hydrogen (secondary N) is 4. The van der Waals surface area contributed by atoms with Crippen molar-refractivity contribution < 1.29 is 70.3 Å². The van der Waals surface area contributed by atoms with Crippen LogP contribution in [0.25, 0.3) is 0 Å². The summed E-state index contributed by atoms with van der Waals surface area (Å²) >= 11 is 6.09. The molecule has 2 heterocycles.